The third-order valence-corrected chi connectivity index (χ3v) is 6.44. The minimum Gasteiger partial charge on any atom is -0.467 e. The van der Waals surface area contributed by atoms with Gasteiger partial charge in [0.2, 0.25) is 0 Å². The number of esters is 1. The molecule has 1 aliphatic heterocycles. The molecule has 1 heterocycles. The van der Waals surface area contributed by atoms with E-state index in [1.54, 1.807) is 17.0 Å². The van der Waals surface area contributed by atoms with Crippen molar-refractivity contribution in [2.24, 2.45) is 0 Å². The van der Waals surface area contributed by atoms with Crippen molar-refractivity contribution < 1.29 is 26.9 Å². The fraction of sp³-hybridized carbons (Fsp3) is 0.364. The Kier molecular flexibility index (Phi) is 7.08. The van der Waals surface area contributed by atoms with Crippen LogP contribution in [0.3, 0.4) is 0 Å². The minimum atomic E-state index is -4.08. The number of morpholine rings is 1. The van der Waals surface area contributed by atoms with Gasteiger partial charge in [-0.1, -0.05) is 48.0 Å². The zero-order valence-electron chi connectivity index (χ0n) is 17.4. The maximum absolute atomic E-state index is 12.7. The molecule has 2 aromatic rings. The number of nitriles is 1. The Labute approximate surface area is 182 Å². The topological polar surface area (TPSA) is 106 Å². The van der Waals surface area contributed by atoms with Crippen LogP contribution in [0.2, 0.25) is 0 Å². The van der Waals surface area contributed by atoms with Crippen LogP contribution in [0.4, 0.5) is 0 Å². The van der Waals surface area contributed by atoms with Gasteiger partial charge < -0.3 is 9.47 Å². The molecule has 0 N–H and O–H groups in total. The van der Waals surface area contributed by atoms with Gasteiger partial charge in [-0.3, -0.25) is 9.08 Å². The van der Waals surface area contributed by atoms with Gasteiger partial charge in [0.15, 0.2) is 11.6 Å². The normalized spacial score (nSPS) is 21.9. The Bertz CT molecular complexity index is 1050. The predicted octanol–water partition coefficient (Wildman–Crippen LogP) is 2.04. The Morgan fingerprint density at radius 1 is 1.23 bits per heavy atom. The van der Waals surface area contributed by atoms with Gasteiger partial charge >= 0.3 is 5.97 Å². The van der Waals surface area contributed by atoms with Crippen LogP contribution in [0, 0.1) is 18.3 Å². The first-order chi connectivity index (χ1) is 14.8. The number of aryl methyl sites for hydroxylation is 1. The van der Waals surface area contributed by atoms with Crippen LogP contribution in [0.5, 0.6) is 0 Å². The number of methoxy groups -OCH3 is 1. The molecule has 0 aliphatic carbocycles. The number of ether oxygens (including phenoxy) is 2. The molecule has 31 heavy (non-hydrogen) atoms. The van der Waals surface area contributed by atoms with Gasteiger partial charge in [-0.05, 0) is 24.6 Å². The van der Waals surface area contributed by atoms with Gasteiger partial charge in [0.25, 0.3) is 10.1 Å². The van der Waals surface area contributed by atoms with E-state index >= 15 is 0 Å². The monoisotopic (exact) mass is 444 g/mol. The van der Waals surface area contributed by atoms with Crippen LogP contribution in [0.1, 0.15) is 11.1 Å². The number of rotatable bonds is 7. The van der Waals surface area contributed by atoms with Crippen molar-refractivity contribution in [3.63, 3.8) is 0 Å². The molecule has 0 radical (unpaired) electrons. The van der Waals surface area contributed by atoms with Gasteiger partial charge in [0.05, 0.1) is 24.7 Å². The molecule has 164 valence electrons. The van der Waals surface area contributed by atoms with Crippen LogP contribution in [0.15, 0.2) is 59.5 Å². The molecule has 2 unspecified atom stereocenters. The molecule has 1 fully saturated rings. The van der Waals surface area contributed by atoms with Crippen LogP contribution in [-0.2, 0) is 35.1 Å². The summed E-state index contributed by atoms with van der Waals surface area (Å²) in [5.74, 6) is -0.558. The summed E-state index contributed by atoms with van der Waals surface area (Å²) in [6.45, 7) is 1.56. The van der Waals surface area contributed by atoms with Gasteiger partial charge in [0, 0.05) is 13.1 Å². The predicted molar refractivity (Wildman–Crippen MR) is 111 cm³/mol. The van der Waals surface area contributed by atoms with Gasteiger partial charge in [-0.25, -0.2) is 4.79 Å². The van der Waals surface area contributed by atoms with Crippen molar-refractivity contribution in [1.29, 1.82) is 5.26 Å². The van der Waals surface area contributed by atoms with Crippen molar-refractivity contribution in [2.45, 2.75) is 30.0 Å². The van der Waals surface area contributed by atoms with E-state index in [0.717, 1.165) is 11.1 Å². The quantitative estimate of drug-likeness (QED) is 0.472. The third kappa shape index (κ3) is 5.29. The van der Waals surface area contributed by atoms with E-state index in [9.17, 15) is 18.5 Å². The molecule has 1 aliphatic rings. The number of benzene rings is 2. The van der Waals surface area contributed by atoms with E-state index in [1.165, 1.54) is 19.2 Å². The maximum Gasteiger partial charge on any atom is 0.336 e. The number of carbonyl (C=O) groups is 1. The number of hydrogen-bond donors (Lipinski definition) is 0. The van der Waals surface area contributed by atoms with Gasteiger partial charge in [0.1, 0.15) is 6.61 Å². The molecule has 2 atom stereocenters. The third-order valence-electron chi connectivity index (χ3n) is 5.17. The molecule has 0 amide bonds. The molecule has 9 heteroatoms. The van der Waals surface area contributed by atoms with Crippen LogP contribution >= 0.6 is 0 Å². The van der Waals surface area contributed by atoms with Crippen molar-refractivity contribution in [2.75, 3.05) is 26.9 Å². The Morgan fingerprint density at radius 3 is 2.52 bits per heavy atom. The van der Waals surface area contributed by atoms with Crippen molar-refractivity contribution >= 4 is 16.1 Å². The van der Waals surface area contributed by atoms with E-state index in [-0.39, 0.29) is 18.0 Å². The highest BCUT2D eigenvalue weighted by molar-refractivity contribution is 7.86. The fourth-order valence-electron chi connectivity index (χ4n) is 3.27. The molecule has 0 spiro atoms. The van der Waals surface area contributed by atoms with Crippen molar-refractivity contribution in [3.8, 4) is 6.07 Å². The van der Waals surface area contributed by atoms with Crippen molar-refractivity contribution in [1.82, 2.24) is 4.90 Å². The molecular weight excluding hydrogens is 420 g/mol. The fourth-order valence-corrected chi connectivity index (χ4v) is 4.22. The van der Waals surface area contributed by atoms with E-state index in [0.29, 0.717) is 6.54 Å². The summed E-state index contributed by atoms with van der Waals surface area (Å²) in [5.41, 5.74) is 0.406. The summed E-state index contributed by atoms with van der Waals surface area (Å²) < 4.78 is 41.0. The molecule has 0 bridgehead atoms. The van der Waals surface area contributed by atoms with Crippen LogP contribution < -0.4 is 0 Å². The standard InChI is InChI=1S/C22H24N2O6S/c1-17-8-10-19(11-9-17)31(26,27)30-16-22(14-23)15-29-20(21(25)28-2)13-24(22)12-18-6-4-3-5-7-18/h3-11,20H,12-13,15-16H2,1-2H3. The summed E-state index contributed by atoms with van der Waals surface area (Å²) in [6.07, 6.45) is -0.885. The lowest BCUT2D eigenvalue weighted by Gasteiger charge is -2.43. The number of hydrogen-bond acceptors (Lipinski definition) is 8. The first-order valence-corrected chi connectivity index (χ1v) is 11.1. The summed E-state index contributed by atoms with van der Waals surface area (Å²) in [7, 11) is -2.82. The Balaban J connectivity index is 1.85. The second-order valence-electron chi connectivity index (χ2n) is 7.36. The first kappa shape index (κ1) is 22.9. The SMILES string of the molecule is COC(=O)C1CN(Cc2ccccc2)C(C#N)(COS(=O)(=O)c2ccc(C)cc2)CO1. The average molecular weight is 445 g/mol. The summed E-state index contributed by atoms with van der Waals surface area (Å²) in [4.78, 5) is 13.7. The summed E-state index contributed by atoms with van der Waals surface area (Å²) in [6, 6.07) is 17.8. The molecule has 0 saturated carbocycles. The highest BCUT2D eigenvalue weighted by atomic mass is 32.2. The zero-order valence-corrected chi connectivity index (χ0v) is 18.2. The zero-order chi connectivity index (χ0) is 22.5. The van der Waals surface area contributed by atoms with Crippen LogP contribution in [0.25, 0.3) is 0 Å². The van der Waals surface area contributed by atoms with E-state index < -0.39 is 34.3 Å². The molecule has 1 saturated heterocycles. The van der Waals surface area contributed by atoms with Gasteiger partial charge in [-0.15, -0.1) is 0 Å². The van der Waals surface area contributed by atoms with Gasteiger partial charge in [-0.2, -0.15) is 13.7 Å². The second-order valence-corrected chi connectivity index (χ2v) is 8.98. The van der Waals surface area contributed by atoms with E-state index in [1.807, 2.05) is 37.3 Å². The second kappa shape index (κ2) is 9.58. The average Bonchev–Trinajstić information content (AvgIpc) is 2.79. The Morgan fingerprint density at radius 2 is 1.90 bits per heavy atom. The lowest BCUT2D eigenvalue weighted by molar-refractivity contribution is -0.169. The lowest BCUT2D eigenvalue weighted by atomic mass is 9.97. The first-order valence-electron chi connectivity index (χ1n) is 9.65. The molecule has 3 rings (SSSR count). The minimum absolute atomic E-state index is 0.00460. The number of carbonyl (C=O) groups excluding carboxylic acids is 1. The summed E-state index contributed by atoms with van der Waals surface area (Å²) >= 11 is 0. The maximum atomic E-state index is 12.7. The molecule has 8 nitrogen and oxygen atoms in total. The van der Waals surface area contributed by atoms with Crippen molar-refractivity contribution in [3.05, 3.63) is 65.7 Å². The largest absolute Gasteiger partial charge is 0.467 e. The highest BCUT2D eigenvalue weighted by Gasteiger charge is 2.46. The molecule has 0 aromatic heterocycles. The molecular formula is C22H24N2O6S. The highest BCUT2D eigenvalue weighted by Crippen LogP contribution is 2.27. The Hall–Kier alpha value is -2.77. The summed E-state index contributed by atoms with van der Waals surface area (Å²) in [5, 5.41) is 10.0. The van der Waals surface area contributed by atoms with E-state index in [4.69, 9.17) is 13.7 Å². The number of nitrogens with zero attached hydrogens (tertiary/aromatic N) is 2. The smallest absolute Gasteiger partial charge is 0.336 e. The van der Waals surface area contributed by atoms with E-state index in [2.05, 4.69) is 6.07 Å². The molecule has 2 aromatic carbocycles. The lowest BCUT2D eigenvalue weighted by Crippen LogP contribution is -2.62. The van der Waals surface area contributed by atoms with Crippen LogP contribution in [-0.4, -0.2) is 57.8 Å².